The maximum Gasteiger partial charge on any atom is 0.263 e. The fourth-order valence-corrected chi connectivity index (χ4v) is 4.52. The standard InChI is InChI=1S/C13H10Br2ClNO3S/c1-7-4-10(15)13(6-9(7)14)21(19,20)17-8-2-3-12(18)11(16)5-8/h2-6,17-18H,1H3. The van der Waals surface area contributed by atoms with Crippen LogP contribution in [0.25, 0.3) is 0 Å². The van der Waals surface area contributed by atoms with Crippen LogP contribution in [0.2, 0.25) is 5.02 Å². The smallest absolute Gasteiger partial charge is 0.263 e. The van der Waals surface area contributed by atoms with E-state index in [2.05, 4.69) is 36.6 Å². The summed E-state index contributed by atoms with van der Waals surface area (Å²) in [6.45, 7) is 1.86. The molecule has 0 atom stereocenters. The molecule has 0 bridgehead atoms. The lowest BCUT2D eigenvalue weighted by Gasteiger charge is -2.12. The molecule has 0 aliphatic heterocycles. The third kappa shape index (κ3) is 3.71. The monoisotopic (exact) mass is 453 g/mol. The van der Waals surface area contributed by atoms with Gasteiger partial charge in [0.1, 0.15) is 10.6 Å². The summed E-state index contributed by atoms with van der Waals surface area (Å²) in [6.07, 6.45) is 0. The van der Waals surface area contributed by atoms with Crippen LogP contribution in [0.15, 0.2) is 44.2 Å². The Bertz CT molecular complexity index is 809. The molecule has 21 heavy (non-hydrogen) atoms. The number of hydrogen-bond donors (Lipinski definition) is 2. The zero-order valence-electron chi connectivity index (χ0n) is 10.7. The lowest BCUT2D eigenvalue weighted by molar-refractivity contribution is 0.475. The van der Waals surface area contributed by atoms with Gasteiger partial charge in [-0.15, -0.1) is 0 Å². The highest BCUT2D eigenvalue weighted by Crippen LogP contribution is 2.31. The highest BCUT2D eigenvalue weighted by atomic mass is 79.9. The molecule has 0 heterocycles. The van der Waals surface area contributed by atoms with Gasteiger partial charge in [0.05, 0.1) is 10.7 Å². The minimum atomic E-state index is -3.78. The zero-order chi connectivity index (χ0) is 15.8. The fourth-order valence-electron chi connectivity index (χ4n) is 1.61. The Kier molecular flexibility index (Phi) is 4.87. The number of hydrogen-bond acceptors (Lipinski definition) is 3. The summed E-state index contributed by atoms with van der Waals surface area (Å²) >= 11 is 12.3. The Morgan fingerprint density at radius 1 is 1.14 bits per heavy atom. The average molecular weight is 456 g/mol. The minimum Gasteiger partial charge on any atom is -0.506 e. The normalized spacial score (nSPS) is 11.4. The van der Waals surface area contributed by atoms with Gasteiger partial charge in [0.2, 0.25) is 0 Å². The highest BCUT2D eigenvalue weighted by Gasteiger charge is 2.19. The molecule has 0 fully saturated rings. The van der Waals surface area contributed by atoms with E-state index in [9.17, 15) is 13.5 Å². The van der Waals surface area contributed by atoms with Gasteiger partial charge < -0.3 is 5.11 Å². The summed E-state index contributed by atoms with van der Waals surface area (Å²) in [7, 11) is -3.78. The Hall–Kier alpha value is -0.760. The van der Waals surface area contributed by atoms with Crippen molar-refractivity contribution in [2.75, 3.05) is 4.72 Å². The van der Waals surface area contributed by atoms with Crippen molar-refractivity contribution in [3.63, 3.8) is 0 Å². The predicted octanol–water partition coefficient (Wildman–Crippen LogP) is 4.68. The summed E-state index contributed by atoms with van der Waals surface area (Å²) < 4.78 is 28.4. The molecule has 0 aliphatic carbocycles. The van der Waals surface area contributed by atoms with Crippen LogP contribution in [0.3, 0.4) is 0 Å². The number of aromatic hydroxyl groups is 1. The second kappa shape index (κ2) is 6.16. The van der Waals surface area contributed by atoms with Crippen LogP contribution in [0.5, 0.6) is 5.75 Å². The van der Waals surface area contributed by atoms with Crippen LogP contribution < -0.4 is 4.72 Å². The molecule has 2 rings (SSSR count). The Balaban J connectivity index is 2.43. The Labute approximate surface area is 144 Å². The van der Waals surface area contributed by atoms with Gasteiger partial charge in [-0.05, 0) is 58.7 Å². The fraction of sp³-hybridized carbons (Fsp3) is 0.0769. The van der Waals surface area contributed by atoms with Crippen molar-refractivity contribution in [1.82, 2.24) is 0 Å². The van der Waals surface area contributed by atoms with E-state index in [0.717, 1.165) is 5.56 Å². The van der Waals surface area contributed by atoms with Crippen LogP contribution in [-0.4, -0.2) is 13.5 Å². The van der Waals surface area contributed by atoms with Crippen LogP contribution in [0.4, 0.5) is 5.69 Å². The molecule has 0 unspecified atom stereocenters. The summed E-state index contributed by atoms with van der Waals surface area (Å²) in [4.78, 5) is 0.101. The molecule has 4 nitrogen and oxygen atoms in total. The van der Waals surface area contributed by atoms with Gasteiger partial charge in [0.15, 0.2) is 0 Å². The molecular weight excluding hydrogens is 445 g/mol. The van der Waals surface area contributed by atoms with Crippen LogP contribution in [0.1, 0.15) is 5.56 Å². The number of anilines is 1. The van der Waals surface area contributed by atoms with E-state index in [1.807, 2.05) is 6.92 Å². The van der Waals surface area contributed by atoms with Crippen molar-refractivity contribution in [3.8, 4) is 5.75 Å². The molecule has 2 aromatic rings. The van der Waals surface area contributed by atoms with E-state index in [4.69, 9.17) is 11.6 Å². The lowest BCUT2D eigenvalue weighted by atomic mass is 10.2. The maximum atomic E-state index is 12.4. The zero-order valence-corrected chi connectivity index (χ0v) is 15.4. The Morgan fingerprint density at radius 2 is 1.81 bits per heavy atom. The van der Waals surface area contributed by atoms with Crippen molar-refractivity contribution >= 4 is 59.2 Å². The first kappa shape index (κ1) is 16.6. The molecule has 0 amide bonds. The molecule has 0 saturated heterocycles. The Morgan fingerprint density at radius 3 is 2.43 bits per heavy atom. The topological polar surface area (TPSA) is 66.4 Å². The molecule has 2 N–H and O–H groups in total. The number of sulfonamides is 1. The van der Waals surface area contributed by atoms with Crippen molar-refractivity contribution in [2.45, 2.75) is 11.8 Å². The van der Waals surface area contributed by atoms with Crippen molar-refractivity contribution in [2.24, 2.45) is 0 Å². The SMILES string of the molecule is Cc1cc(Br)c(S(=O)(=O)Nc2ccc(O)c(Cl)c2)cc1Br. The predicted molar refractivity (Wildman–Crippen MR) is 90.5 cm³/mol. The first-order valence-electron chi connectivity index (χ1n) is 5.67. The minimum absolute atomic E-state index is 0.0688. The van der Waals surface area contributed by atoms with Gasteiger partial charge in [-0.25, -0.2) is 8.42 Å². The largest absolute Gasteiger partial charge is 0.506 e. The number of phenolic OH excluding ortho intramolecular Hbond substituents is 1. The highest BCUT2D eigenvalue weighted by molar-refractivity contribution is 9.11. The van der Waals surface area contributed by atoms with E-state index in [-0.39, 0.29) is 21.4 Å². The van der Waals surface area contributed by atoms with E-state index in [1.165, 1.54) is 24.3 Å². The first-order chi connectivity index (χ1) is 9.70. The van der Waals surface area contributed by atoms with Crippen molar-refractivity contribution in [3.05, 3.63) is 49.9 Å². The number of phenols is 1. The van der Waals surface area contributed by atoms with E-state index >= 15 is 0 Å². The van der Waals surface area contributed by atoms with E-state index in [1.54, 1.807) is 6.07 Å². The van der Waals surface area contributed by atoms with Crippen LogP contribution >= 0.6 is 43.5 Å². The molecule has 0 aliphatic rings. The molecule has 0 aromatic heterocycles. The van der Waals surface area contributed by atoms with Crippen LogP contribution in [-0.2, 0) is 10.0 Å². The number of aryl methyl sites for hydroxylation is 1. The number of rotatable bonds is 3. The number of halogens is 3. The van der Waals surface area contributed by atoms with Crippen molar-refractivity contribution < 1.29 is 13.5 Å². The lowest BCUT2D eigenvalue weighted by Crippen LogP contribution is -2.13. The molecule has 0 spiro atoms. The summed E-state index contributed by atoms with van der Waals surface area (Å²) in [6, 6.07) is 7.31. The van der Waals surface area contributed by atoms with E-state index in [0.29, 0.717) is 8.95 Å². The second-order valence-electron chi connectivity index (χ2n) is 4.30. The molecule has 112 valence electrons. The average Bonchev–Trinajstić information content (AvgIpc) is 2.37. The second-order valence-corrected chi connectivity index (χ2v) is 8.07. The van der Waals surface area contributed by atoms with Gasteiger partial charge in [-0.1, -0.05) is 27.5 Å². The van der Waals surface area contributed by atoms with Gasteiger partial charge in [0.25, 0.3) is 10.0 Å². The van der Waals surface area contributed by atoms with Gasteiger partial charge >= 0.3 is 0 Å². The van der Waals surface area contributed by atoms with Gasteiger partial charge in [-0.2, -0.15) is 0 Å². The molecular formula is C13H10Br2ClNO3S. The first-order valence-corrected chi connectivity index (χ1v) is 9.12. The van der Waals surface area contributed by atoms with Gasteiger partial charge in [-0.3, -0.25) is 4.72 Å². The quantitative estimate of drug-likeness (QED) is 0.661. The van der Waals surface area contributed by atoms with Crippen LogP contribution in [0, 0.1) is 6.92 Å². The number of benzene rings is 2. The molecule has 0 saturated carbocycles. The number of nitrogens with one attached hydrogen (secondary N) is 1. The third-order valence-corrected chi connectivity index (χ3v) is 6.20. The third-order valence-electron chi connectivity index (χ3n) is 2.70. The molecule has 0 radical (unpaired) electrons. The summed E-state index contributed by atoms with van der Waals surface area (Å²) in [5, 5.41) is 9.42. The summed E-state index contributed by atoms with van der Waals surface area (Å²) in [5.41, 5.74) is 1.18. The maximum absolute atomic E-state index is 12.4. The summed E-state index contributed by atoms with van der Waals surface area (Å²) in [5.74, 6) is -0.112. The molecule has 2 aromatic carbocycles. The van der Waals surface area contributed by atoms with Gasteiger partial charge in [0, 0.05) is 8.95 Å². The van der Waals surface area contributed by atoms with Crippen molar-refractivity contribution in [1.29, 1.82) is 0 Å². The molecule has 8 heteroatoms. The van der Waals surface area contributed by atoms with E-state index < -0.39 is 10.0 Å².